The summed E-state index contributed by atoms with van der Waals surface area (Å²) in [6, 6.07) is 4.96. The number of hydrogen-bond acceptors (Lipinski definition) is 5. The highest BCUT2D eigenvalue weighted by Crippen LogP contribution is 2.25. The summed E-state index contributed by atoms with van der Waals surface area (Å²) < 4.78 is 15.1. The molecule has 1 rings (SSSR count). The molecule has 0 unspecified atom stereocenters. The van der Waals surface area contributed by atoms with Crippen molar-refractivity contribution >= 4 is 11.8 Å². The van der Waals surface area contributed by atoms with Crippen LogP contribution in [-0.4, -0.2) is 32.1 Å². The van der Waals surface area contributed by atoms with E-state index in [1.165, 1.54) is 14.2 Å². The monoisotopic (exact) mass is 278 g/mol. The van der Waals surface area contributed by atoms with Crippen molar-refractivity contribution in [3.63, 3.8) is 0 Å². The van der Waals surface area contributed by atoms with Crippen molar-refractivity contribution < 1.29 is 23.8 Å². The van der Waals surface area contributed by atoms with E-state index in [-0.39, 0.29) is 11.9 Å². The van der Waals surface area contributed by atoms with Crippen LogP contribution in [0, 0.1) is 0 Å². The van der Waals surface area contributed by atoms with Crippen molar-refractivity contribution in [2.75, 3.05) is 14.2 Å². The lowest BCUT2D eigenvalue weighted by molar-refractivity contribution is -0.134. The van der Waals surface area contributed by atoms with Crippen LogP contribution < -0.4 is 9.47 Å². The third-order valence-corrected chi connectivity index (χ3v) is 2.38. The first-order valence-corrected chi connectivity index (χ1v) is 6.13. The van der Waals surface area contributed by atoms with E-state index in [0.717, 1.165) is 12.2 Å². The summed E-state index contributed by atoms with van der Waals surface area (Å²) in [7, 11) is 2.72. The smallest absolute Gasteiger partial charge is 0.330 e. The predicted molar refractivity (Wildman–Crippen MR) is 74.2 cm³/mol. The Balaban J connectivity index is 3.04. The molecule has 0 aliphatic rings. The summed E-state index contributed by atoms with van der Waals surface area (Å²) in [5.74, 6) is 0.0320. The Hall–Kier alpha value is -2.30. The summed E-state index contributed by atoms with van der Waals surface area (Å²) in [6.45, 7) is 3.78. The van der Waals surface area contributed by atoms with Gasteiger partial charge in [0.05, 0.1) is 25.9 Å². The summed E-state index contributed by atoms with van der Waals surface area (Å²) in [5, 5.41) is 0. The fourth-order valence-corrected chi connectivity index (χ4v) is 1.53. The Morgan fingerprint density at radius 2 is 1.85 bits per heavy atom. The molecule has 0 aliphatic carbocycles. The molecule has 0 bridgehead atoms. The van der Waals surface area contributed by atoms with Gasteiger partial charge in [-0.05, 0) is 38.1 Å². The van der Waals surface area contributed by atoms with E-state index in [0.29, 0.717) is 17.1 Å². The van der Waals surface area contributed by atoms with Crippen molar-refractivity contribution in [2.45, 2.75) is 20.0 Å². The minimum atomic E-state index is -0.591. The molecule has 5 nitrogen and oxygen atoms in total. The van der Waals surface area contributed by atoms with Crippen LogP contribution in [-0.2, 0) is 9.53 Å². The van der Waals surface area contributed by atoms with Crippen molar-refractivity contribution in [2.24, 2.45) is 0 Å². The van der Waals surface area contributed by atoms with E-state index < -0.39 is 5.97 Å². The second-order valence-corrected chi connectivity index (χ2v) is 4.25. The first kappa shape index (κ1) is 15.8. The zero-order valence-corrected chi connectivity index (χ0v) is 12.0. The Morgan fingerprint density at radius 1 is 1.15 bits per heavy atom. The zero-order chi connectivity index (χ0) is 15.1. The summed E-state index contributed by atoms with van der Waals surface area (Å²) in [5.41, 5.74) is 0.325. The molecule has 0 saturated carbocycles. The highest BCUT2D eigenvalue weighted by atomic mass is 16.5. The molecule has 0 saturated heterocycles. The van der Waals surface area contributed by atoms with Gasteiger partial charge in [-0.25, -0.2) is 4.79 Å². The number of ketones is 1. The molecule has 0 aromatic heterocycles. The minimum Gasteiger partial charge on any atom is -0.496 e. The van der Waals surface area contributed by atoms with Gasteiger partial charge < -0.3 is 14.2 Å². The second kappa shape index (κ2) is 7.33. The van der Waals surface area contributed by atoms with Crippen LogP contribution in [0.4, 0.5) is 0 Å². The van der Waals surface area contributed by atoms with E-state index in [4.69, 9.17) is 9.47 Å². The van der Waals surface area contributed by atoms with Crippen LogP contribution in [0.5, 0.6) is 11.5 Å². The van der Waals surface area contributed by atoms with Gasteiger partial charge in [0.2, 0.25) is 0 Å². The maximum atomic E-state index is 12.1. The fraction of sp³-hybridized carbons (Fsp3) is 0.333. The van der Waals surface area contributed by atoms with E-state index in [1.807, 2.05) is 13.8 Å². The number of carbonyl (C=O) groups excluding carboxylic acids is 2. The van der Waals surface area contributed by atoms with Gasteiger partial charge in [-0.3, -0.25) is 4.79 Å². The Morgan fingerprint density at radius 3 is 2.40 bits per heavy atom. The number of ether oxygens (including phenoxy) is 3. The van der Waals surface area contributed by atoms with Gasteiger partial charge in [0.1, 0.15) is 11.5 Å². The van der Waals surface area contributed by atoms with Crippen LogP contribution in [0.15, 0.2) is 30.4 Å². The molecule has 0 N–H and O–H groups in total. The second-order valence-electron chi connectivity index (χ2n) is 4.25. The maximum absolute atomic E-state index is 12.1. The van der Waals surface area contributed by atoms with E-state index in [1.54, 1.807) is 18.2 Å². The molecular formula is C15H18O5. The normalized spacial score (nSPS) is 10.7. The lowest BCUT2D eigenvalue weighted by Crippen LogP contribution is -2.07. The van der Waals surface area contributed by atoms with E-state index in [9.17, 15) is 9.59 Å². The van der Waals surface area contributed by atoms with Crippen molar-refractivity contribution in [1.82, 2.24) is 0 Å². The van der Waals surface area contributed by atoms with Crippen LogP contribution in [0.3, 0.4) is 0 Å². The number of esters is 1. The summed E-state index contributed by atoms with van der Waals surface area (Å²) in [6.07, 6.45) is 2.21. The lowest BCUT2D eigenvalue weighted by atomic mass is 10.1. The predicted octanol–water partition coefficient (Wildman–Crippen LogP) is 2.39. The molecule has 5 heteroatoms. The Kier molecular flexibility index (Phi) is 5.77. The highest BCUT2D eigenvalue weighted by Gasteiger charge is 2.12. The van der Waals surface area contributed by atoms with Gasteiger partial charge in [0.15, 0.2) is 5.78 Å². The molecule has 0 radical (unpaired) electrons. The quantitative estimate of drug-likeness (QED) is 0.454. The van der Waals surface area contributed by atoms with Gasteiger partial charge in [-0.15, -0.1) is 0 Å². The Bertz CT molecular complexity index is 517. The van der Waals surface area contributed by atoms with Crippen LogP contribution in [0.25, 0.3) is 0 Å². The molecule has 0 fully saturated rings. The average molecular weight is 278 g/mol. The molecule has 1 aromatic rings. The number of benzene rings is 1. The van der Waals surface area contributed by atoms with E-state index in [2.05, 4.69) is 4.74 Å². The van der Waals surface area contributed by atoms with E-state index >= 15 is 0 Å². The molecule has 0 aliphatic heterocycles. The van der Waals surface area contributed by atoms with Gasteiger partial charge in [0, 0.05) is 6.08 Å². The third kappa shape index (κ3) is 4.42. The van der Waals surface area contributed by atoms with Gasteiger partial charge in [-0.1, -0.05) is 0 Å². The average Bonchev–Trinajstić information content (AvgIpc) is 2.43. The lowest BCUT2D eigenvalue weighted by Gasteiger charge is -2.12. The number of allylic oxidation sites excluding steroid dienone is 1. The van der Waals surface area contributed by atoms with Crippen LogP contribution >= 0.6 is 0 Å². The molecule has 0 spiro atoms. The van der Waals surface area contributed by atoms with Crippen LogP contribution in [0.2, 0.25) is 0 Å². The van der Waals surface area contributed by atoms with Crippen LogP contribution in [0.1, 0.15) is 24.2 Å². The molecule has 108 valence electrons. The first-order chi connectivity index (χ1) is 9.47. The maximum Gasteiger partial charge on any atom is 0.330 e. The molecular weight excluding hydrogens is 260 g/mol. The fourth-order valence-electron chi connectivity index (χ4n) is 1.53. The number of methoxy groups -OCH3 is 2. The number of hydrogen-bond donors (Lipinski definition) is 0. The first-order valence-electron chi connectivity index (χ1n) is 6.13. The summed E-state index contributed by atoms with van der Waals surface area (Å²) >= 11 is 0. The molecule has 20 heavy (non-hydrogen) atoms. The summed E-state index contributed by atoms with van der Waals surface area (Å²) in [4.78, 5) is 23.0. The number of rotatable bonds is 6. The minimum absolute atomic E-state index is 0.00282. The van der Waals surface area contributed by atoms with Gasteiger partial charge >= 0.3 is 5.97 Å². The molecule has 0 heterocycles. The zero-order valence-electron chi connectivity index (χ0n) is 12.0. The topological polar surface area (TPSA) is 61.8 Å². The largest absolute Gasteiger partial charge is 0.496 e. The third-order valence-electron chi connectivity index (χ3n) is 2.38. The standard InChI is InChI=1S/C15H18O5/c1-10(2)20-11-5-7-14(18-3)12(9-11)13(16)6-8-15(17)19-4/h5-10H,1-4H3/b8-6+. The highest BCUT2D eigenvalue weighted by molar-refractivity contribution is 6.08. The SMILES string of the molecule is COC(=O)/C=C/C(=O)c1cc(OC(C)C)ccc1OC. The van der Waals surface area contributed by atoms with Crippen molar-refractivity contribution in [3.8, 4) is 11.5 Å². The number of carbonyl (C=O) groups is 2. The molecule has 0 amide bonds. The van der Waals surface area contributed by atoms with Gasteiger partial charge in [0.25, 0.3) is 0 Å². The molecule has 0 atom stereocenters. The van der Waals surface area contributed by atoms with Crippen molar-refractivity contribution in [3.05, 3.63) is 35.9 Å². The Labute approximate surface area is 118 Å². The van der Waals surface area contributed by atoms with Crippen molar-refractivity contribution in [1.29, 1.82) is 0 Å². The molecule has 1 aromatic carbocycles. The van der Waals surface area contributed by atoms with Gasteiger partial charge in [-0.2, -0.15) is 0 Å².